The van der Waals surface area contributed by atoms with Crippen molar-refractivity contribution in [2.24, 2.45) is 5.10 Å². The van der Waals surface area contributed by atoms with Crippen LogP contribution in [0.5, 0.6) is 11.5 Å². The summed E-state index contributed by atoms with van der Waals surface area (Å²) in [5, 5.41) is 15.5. The highest BCUT2D eigenvalue weighted by Crippen LogP contribution is 2.25. The van der Waals surface area contributed by atoms with Gasteiger partial charge in [0.2, 0.25) is 0 Å². The zero-order chi connectivity index (χ0) is 19.8. The van der Waals surface area contributed by atoms with E-state index in [1.807, 2.05) is 0 Å². The van der Waals surface area contributed by atoms with E-state index in [1.165, 1.54) is 56.8 Å². The number of benzene rings is 2. The number of hydrogen-bond donors (Lipinski definition) is 3. The molecule has 0 aliphatic rings. The lowest BCUT2D eigenvalue weighted by Gasteiger charge is -2.05. The van der Waals surface area contributed by atoms with Crippen LogP contribution in [-0.2, 0) is 14.3 Å². The number of hydrazone groups is 1. The van der Waals surface area contributed by atoms with Crippen molar-refractivity contribution in [3.63, 3.8) is 0 Å². The second-order valence-corrected chi connectivity index (χ2v) is 5.15. The number of ether oxygens (including phenoxy) is 2. The number of nitrogens with zero attached hydrogens (tertiary/aromatic N) is 1. The van der Waals surface area contributed by atoms with Crippen LogP contribution < -0.4 is 15.5 Å². The Morgan fingerprint density at radius 3 is 2.37 bits per heavy atom. The number of anilines is 1. The largest absolute Gasteiger partial charge is 0.504 e. The Labute approximate surface area is 154 Å². The summed E-state index contributed by atoms with van der Waals surface area (Å²) in [7, 11) is 2.66. The molecule has 0 saturated carbocycles. The van der Waals surface area contributed by atoms with Gasteiger partial charge in [-0.2, -0.15) is 5.10 Å². The fourth-order valence-corrected chi connectivity index (χ4v) is 1.99. The van der Waals surface area contributed by atoms with E-state index in [9.17, 15) is 19.5 Å². The predicted molar refractivity (Wildman–Crippen MR) is 96.8 cm³/mol. The van der Waals surface area contributed by atoms with Gasteiger partial charge >= 0.3 is 17.8 Å². The van der Waals surface area contributed by atoms with Crippen LogP contribution >= 0.6 is 0 Å². The molecule has 0 radical (unpaired) electrons. The van der Waals surface area contributed by atoms with Crippen LogP contribution in [0.25, 0.3) is 0 Å². The molecule has 0 saturated heterocycles. The molecule has 0 unspecified atom stereocenters. The van der Waals surface area contributed by atoms with Crippen LogP contribution in [0.2, 0.25) is 0 Å². The van der Waals surface area contributed by atoms with Crippen LogP contribution in [0.3, 0.4) is 0 Å². The fraction of sp³-hybridized carbons (Fsp3) is 0.111. The maximum atomic E-state index is 11.8. The zero-order valence-corrected chi connectivity index (χ0v) is 14.6. The number of amides is 2. The summed E-state index contributed by atoms with van der Waals surface area (Å²) < 4.78 is 9.53. The second-order valence-electron chi connectivity index (χ2n) is 5.15. The first-order valence-corrected chi connectivity index (χ1v) is 7.64. The average Bonchev–Trinajstić information content (AvgIpc) is 2.69. The fourth-order valence-electron chi connectivity index (χ4n) is 1.99. The molecule has 0 heterocycles. The smallest absolute Gasteiger partial charge is 0.337 e. The maximum absolute atomic E-state index is 11.8. The topological polar surface area (TPSA) is 126 Å². The molecule has 0 fully saturated rings. The van der Waals surface area contributed by atoms with E-state index in [0.717, 1.165) is 0 Å². The van der Waals surface area contributed by atoms with Gasteiger partial charge in [-0.3, -0.25) is 9.59 Å². The lowest BCUT2D eigenvalue weighted by molar-refractivity contribution is -0.136. The third-order valence-corrected chi connectivity index (χ3v) is 3.35. The van der Waals surface area contributed by atoms with Gasteiger partial charge in [-0.25, -0.2) is 10.2 Å². The second kappa shape index (κ2) is 8.99. The molecule has 0 spiro atoms. The highest BCUT2D eigenvalue weighted by molar-refractivity contribution is 6.39. The number of aromatic hydroxyl groups is 1. The number of phenolic OH excluding ortho intramolecular Hbond substituents is 1. The van der Waals surface area contributed by atoms with Gasteiger partial charge in [-0.05, 0) is 48.0 Å². The van der Waals surface area contributed by atoms with Gasteiger partial charge in [-0.15, -0.1) is 0 Å². The van der Waals surface area contributed by atoms with E-state index >= 15 is 0 Å². The van der Waals surface area contributed by atoms with E-state index in [-0.39, 0.29) is 11.5 Å². The number of carbonyl (C=O) groups is 3. The molecule has 0 bridgehead atoms. The summed E-state index contributed by atoms with van der Waals surface area (Å²) in [5.74, 6) is -2.20. The molecule has 2 amide bonds. The number of nitrogens with one attached hydrogen (secondary N) is 2. The van der Waals surface area contributed by atoms with E-state index in [1.54, 1.807) is 6.07 Å². The molecular formula is C18H17N3O6. The van der Waals surface area contributed by atoms with Gasteiger partial charge in [0.1, 0.15) is 0 Å². The molecular weight excluding hydrogens is 354 g/mol. The Morgan fingerprint density at radius 1 is 1.04 bits per heavy atom. The van der Waals surface area contributed by atoms with Crippen molar-refractivity contribution in [1.82, 2.24) is 5.43 Å². The van der Waals surface area contributed by atoms with E-state index in [4.69, 9.17) is 4.74 Å². The monoisotopic (exact) mass is 371 g/mol. The van der Waals surface area contributed by atoms with Crippen molar-refractivity contribution >= 4 is 29.7 Å². The highest BCUT2D eigenvalue weighted by Gasteiger charge is 2.13. The lowest BCUT2D eigenvalue weighted by atomic mass is 10.2. The van der Waals surface area contributed by atoms with E-state index in [2.05, 4.69) is 20.6 Å². The van der Waals surface area contributed by atoms with Gasteiger partial charge in [0, 0.05) is 5.69 Å². The number of carbonyl (C=O) groups excluding carboxylic acids is 3. The third kappa shape index (κ3) is 5.30. The Hall–Kier alpha value is -3.88. The summed E-state index contributed by atoms with van der Waals surface area (Å²) in [6, 6.07) is 10.3. The molecule has 2 aromatic carbocycles. The normalized spacial score (nSPS) is 10.3. The summed E-state index contributed by atoms with van der Waals surface area (Å²) in [6.45, 7) is 0. The Balaban J connectivity index is 1.92. The number of esters is 1. The predicted octanol–water partition coefficient (Wildman–Crippen LogP) is 1.28. The lowest BCUT2D eigenvalue weighted by Crippen LogP contribution is -2.32. The zero-order valence-electron chi connectivity index (χ0n) is 14.6. The number of methoxy groups -OCH3 is 2. The van der Waals surface area contributed by atoms with Crippen LogP contribution in [0.15, 0.2) is 47.6 Å². The Kier molecular flexibility index (Phi) is 6.48. The van der Waals surface area contributed by atoms with Crippen molar-refractivity contribution in [2.75, 3.05) is 19.5 Å². The quantitative estimate of drug-likeness (QED) is 0.314. The molecule has 3 N–H and O–H groups in total. The minimum atomic E-state index is -0.978. The molecule has 140 valence electrons. The van der Waals surface area contributed by atoms with Crippen molar-refractivity contribution in [2.45, 2.75) is 0 Å². The molecule has 0 aliphatic heterocycles. The van der Waals surface area contributed by atoms with Crippen molar-refractivity contribution in [3.8, 4) is 11.5 Å². The van der Waals surface area contributed by atoms with Crippen molar-refractivity contribution < 1.29 is 29.0 Å². The Morgan fingerprint density at radius 2 is 1.74 bits per heavy atom. The summed E-state index contributed by atoms with van der Waals surface area (Å²) in [4.78, 5) is 34.9. The van der Waals surface area contributed by atoms with Crippen LogP contribution in [0, 0.1) is 0 Å². The van der Waals surface area contributed by atoms with Gasteiger partial charge in [0.15, 0.2) is 11.5 Å². The van der Waals surface area contributed by atoms with E-state index in [0.29, 0.717) is 16.8 Å². The van der Waals surface area contributed by atoms with Gasteiger partial charge in [-0.1, -0.05) is 0 Å². The summed E-state index contributed by atoms with van der Waals surface area (Å²) >= 11 is 0. The minimum absolute atomic E-state index is 0.0312. The average molecular weight is 371 g/mol. The first-order valence-electron chi connectivity index (χ1n) is 7.64. The standard InChI is InChI=1S/C18H17N3O6/c1-26-15-9-11(3-8-14(15)22)10-19-21-17(24)16(23)20-13-6-4-12(5-7-13)18(25)27-2/h3-10,22H,1-2H3,(H,20,23)(H,21,24)/b19-10+. The van der Waals surface area contributed by atoms with Crippen molar-refractivity contribution in [1.29, 1.82) is 0 Å². The van der Waals surface area contributed by atoms with Gasteiger partial charge < -0.3 is 19.9 Å². The molecule has 0 aromatic heterocycles. The molecule has 9 heteroatoms. The van der Waals surface area contributed by atoms with Gasteiger partial charge in [0.25, 0.3) is 0 Å². The summed E-state index contributed by atoms with van der Waals surface area (Å²) in [5.41, 5.74) is 3.27. The van der Waals surface area contributed by atoms with Crippen molar-refractivity contribution in [3.05, 3.63) is 53.6 Å². The highest BCUT2D eigenvalue weighted by atomic mass is 16.5. The number of rotatable bonds is 5. The van der Waals surface area contributed by atoms with Crippen LogP contribution in [-0.4, -0.2) is 43.3 Å². The SMILES string of the molecule is COC(=O)c1ccc(NC(=O)C(=O)N/N=C/c2ccc(O)c(OC)c2)cc1. The van der Waals surface area contributed by atoms with Gasteiger partial charge in [0.05, 0.1) is 26.0 Å². The maximum Gasteiger partial charge on any atom is 0.337 e. The first kappa shape index (κ1) is 19.4. The van der Waals surface area contributed by atoms with E-state index < -0.39 is 17.8 Å². The molecule has 27 heavy (non-hydrogen) atoms. The van der Waals surface area contributed by atoms with Crippen LogP contribution in [0.4, 0.5) is 5.69 Å². The van der Waals surface area contributed by atoms with Crippen LogP contribution in [0.1, 0.15) is 15.9 Å². The number of phenols is 1. The molecule has 2 aromatic rings. The minimum Gasteiger partial charge on any atom is -0.504 e. The molecule has 9 nitrogen and oxygen atoms in total. The molecule has 0 atom stereocenters. The molecule has 2 rings (SSSR count). The molecule has 0 aliphatic carbocycles. The Bertz CT molecular complexity index is 877. The first-order chi connectivity index (χ1) is 12.9. The number of hydrogen-bond acceptors (Lipinski definition) is 7. The summed E-state index contributed by atoms with van der Waals surface area (Å²) in [6.07, 6.45) is 1.29. The third-order valence-electron chi connectivity index (χ3n) is 3.35.